The van der Waals surface area contributed by atoms with E-state index in [2.05, 4.69) is 79.7 Å². The molecule has 0 unspecified atom stereocenters. The maximum atomic E-state index is 2.26. The lowest BCUT2D eigenvalue weighted by Crippen LogP contribution is -1.83. The molecule has 0 spiro atoms. The Balaban J connectivity index is 2.34. The van der Waals surface area contributed by atoms with Crippen LogP contribution in [-0.4, -0.2) is 0 Å². The van der Waals surface area contributed by atoms with Crippen LogP contribution >= 0.6 is 0 Å². The third-order valence-electron chi connectivity index (χ3n) is 2.86. The van der Waals surface area contributed by atoms with Crippen LogP contribution in [0.15, 0.2) is 72.8 Å². The van der Waals surface area contributed by atoms with Gasteiger partial charge in [-0.1, -0.05) is 78.9 Å². The van der Waals surface area contributed by atoms with E-state index >= 15 is 0 Å². The van der Waals surface area contributed by atoms with Gasteiger partial charge in [-0.15, -0.1) is 0 Å². The van der Waals surface area contributed by atoms with E-state index < -0.39 is 0 Å². The van der Waals surface area contributed by atoms with Crippen LogP contribution in [0.4, 0.5) is 0 Å². The largest absolute Gasteiger partial charge is 0.0913 e. The molecular formula is C18H18. The van der Waals surface area contributed by atoms with Crippen LogP contribution in [0.2, 0.25) is 0 Å². The minimum absolute atomic E-state index is 0.968. The summed E-state index contributed by atoms with van der Waals surface area (Å²) < 4.78 is 0. The Bertz CT molecular complexity index is 518. The van der Waals surface area contributed by atoms with E-state index in [1.165, 1.54) is 16.7 Å². The summed E-state index contributed by atoms with van der Waals surface area (Å²) in [6.07, 6.45) is 7.52. The molecule has 2 rings (SSSR count). The molecule has 0 aliphatic carbocycles. The van der Waals surface area contributed by atoms with Gasteiger partial charge in [-0.05, 0) is 30.0 Å². The van der Waals surface area contributed by atoms with Gasteiger partial charge < -0.3 is 0 Å². The van der Waals surface area contributed by atoms with Crippen molar-refractivity contribution in [2.45, 2.75) is 13.3 Å². The molecule has 0 heteroatoms. The van der Waals surface area contributed by atoms with E-state index in [-0.39, 0.29) is 0 Å². The van der Waals surface area contributed by atoms with Crippen molar-refractivity contribution in [3.05, 3.63) is 83.9 Å². The zero-order valence-corrected chi connectivity index (χ0v) is 10.7. The first-order chi connectivity index (χ1) is 8.90. The average molecular weight is 234 g/mol. The van der Waals surface area contributed by atoms with Gasteiger partial charge in [0.05, 0.1) is 0 Å². The monoisotopic (exact) mass is 234 g/mol. The zero-order chi connectivity index (χ0) is 12.6. The lowest BCUT2D eigenvalue weighted by molar-refractivity contribution is 1.38. The molecular weight excluding hydrogens is 216 g/mol. The number of benzene rings is 2. The Hall–Kier alpha value is -2.08. The fourth-order valence-electron chi connectivity index (χ4n) is 1.91. The van der Waals surface area contributed by atoms with Gasteiger partial charge in [-0.2, -0.15) is 0 Å². The Labute approximate surface area is 109 Å². The Morgan fingerprint density at radius 3 is 2.11 bits per heavy atom. The van der Waals surface area contributed by atoms with Crippen molar-refractivity contribution in [3.63, 3.8) is 0 Å². The van der Waals surface area contributed by atoms with Crippen LogP contribution in [0.5, 0.6) is 0 Å². The van der Waals surface area contributed by atoms with Gasteiger partial charge in [0.15, 0.2) is 0 Å². The fourth-order valence-corrected chi connectivity index (χ4v) is 1.91. The molecule has 0 fully saturated rings. The lowest BCUT2D eigenvalue weighted by Gasteiger charge is -2.05. The minimum atomic E-state index is 0.968. The van der Waals surface area contributed by atoms with Crippen molar-refractivity contribution >= 4 is 11.6 Å². The predicted molar refractivity (Wildman–Crippen MR) is 80.2 cm³/mol. The van der Waals surface area contributed by atoms with Crippen molar-refractivity contribution < 1.29 is 0 Å². The summed E-state index contributed by atoms with van der Waals surface area (Å²) in [5.41, 5.74) is 3.89. The second-order valence-electron chi connectivity index (χ2n) is 4.22. The van der Waals surface area contributed by atoms with E-state index in [0.717, 1.165) is 6.42 Å². The second-order valence-corrected chi connectivity index (χ2v) is 4.22. The highest BCUT2D eigenvalue weighted by Gasteiger charge is 1.99. The number of hydrogen-bond acceptors (Lipinski definition) is 0. The molecule has 0 saturated heterocycles. The normalized spacial score (nSPS) is 11.9. The highest BCUT2D eigenvalue weighted by atomic mass is 14.0. The molecule has 0 aliphatic heterocycles. The van der Waals surface area contributed by atoms with Crippen molar-refractivity contribution in [2.75, 3.05) is 0 Å². The molecule has 0 radical (unpaired) electrons. The van der Waals surface area contributed by atoms with Gasteiger partial charge in [0.25, 0.3) is 0 Å². The maximum absolute atomic E-state index is 2.26. The summed E-state index contributed by atoms with van der Waals surface area (Å²) in [5.74, 6) is 0. The smallest absolute Gasteiger partial charge is 0.00914 e. The minimum Gasteiger partial charge on any atom is -0.0913 e. The Morgan fingerprint density at radius 2 is 1.50 bits per heavy atom. The topological polar surface area (TPSA) is 0 Å². The average Bonchev–Trinajstić information content (AvgIpc) is 2.45. The number of allylic oxidation sites excluding steroid dienone is 3. The SMILES string of the molecule is CC=CCC(=Cc1ccccc1)c1ccccc1. The Morgan fingerprint density at radius 1 is 0.889 bits per heavy atom. The molecule has 2 aromatic rings. The first kappa shape index (κ1) is 12.4. The van der Waals surface area contributed by atoms with Crippen LogP contribution in [0, 0.1) is 0 Å². The van der Waals surface area contributed by atoms with Gasteiger partial charge in [-0.3, -0.25) is 0 Å². The summed E-state index contributed by atoms with van der Waals surface area (Å²) in [5, 5.41) is 0. The Kier molecular flexibility index (Phi) is 4.54. The third kappa shape index (κ3) is 3.46. The highest BCUT2D eigenvalue weighted by molar-refractivity contribution is 5.82. The van der Waals surface area contributed by atoms with Crippen LogP contribution in [0.25, 0.3) is 11.6 Å². The molecule has 0 bridgehead atoms. The van der Waals surface area contributed by atoms with Crippen molar-refractivity contribution in [1.29, 1.82) is 0 Å². The van der Waals surface area contributed by atoms with Crippen LogP contribution in [0.1, 0.15) is 24.5 Å². The van der Waals surface area contributed by atoms with Gasteiger partial charge in [-0.25, -0.2) is 0 Å². The van der Waals surface area contributed by atoms with Gasteiger partial charge in [0, 0.05) is 0 Å². The molecule has 0 saturated carbocycles. The molecule has 0 atom stereocenters. The van der Waals surface area contributed by atoms with Gasteiger partial charge >= 0.3 is 0 Å². The fraction of sp³-hybridized carbons (Fsp3) is 0.111. The quantitative estimate of drug-likeness (QED) is 0.504. The van der Waals surface area contributed by atoms with Crippen LogP contribution in [0.3, 0.4) is 0 Å². The maximum Gasteiger partial charge on any atom is -0.00914 e. The van der Waals surface area contributed by atoms with E-state index in [9.17, 15) is 0 Å². The van der Waals surface area contributed by atoms with Gasteiger partial charge in [0.1, 0.15) is 0 Å². The molecule has 18 heavy (non-hydrogen) atoms. The second kappa shape index (κ2) is 6.61. The van der Waals surface area contributed by atoms with Gasteiger partial charge in [0.2, 0.25) is 0 Å². The summed E-state index contributed by atoms with van der Waals surface area (Å²) in [6, 6.07) is 21.0. The lowest BCUT2D eigenvalue weighted by atomic mass is 10.00. The molecule has 0 aromatic heterocycles. The van der Waals surface area contributed by atoms with Crippen molar-refractivity contribution in [1.82, 2.24) is 0 Å². The van der Waals surface area contributed by atoms with Crippen LogP contribution < -0.4 is 0 Å². The standard InChI is InChI=1S/C18H18/c1-2-3-12-18(17-13-8-5-9-14-17)15-16-10-6-4-7-11-16/h2-11,13-15H,12H2,1H3. The molecule has 2 aromatic carbocycles. The molecule has 0 aliphatic rings. The summed E-state index contributed by atoms with van der Waals surface area (Å²) in [4.78, 5) is 0. The van der Waals surface area contributed by atoms with E-state index in [1.54, 1.807) is 0 Å². The number of hydrogen-bond donors (Lipinski definition) is 0. The molecule has 0 heterocycles. The molecule has 0 amide bonds. The summed E-state index contributed by atoms with van der Waals surface area (Å²) in [7, 11) is 0. The summed E-state index contributed by atoms with van der Waals surface area (Å²) >= 11 is 0. The predicted octanol–water partition coefficient (Wildman–Crippen LogP) is 5.19. The van der Waals surface area contributed by atoms with Crippen molar-refractivity contribution in [2.24, 2.45) is 0 Å². The molecule has 0 nitrogen and oxygen atoms in total. The van der Waals surface area contributed by atoms with E-state index in [0.29, 0.717) is 0 Å². The van der Waals surface area contributed by atoms with Crippen LogP contribution in [-0.2, 0) is 0 Å². The third-order valence-corrected chi connectivity index (χ3v) is 2.86. The first-order valence-corrected chi connectivity index (χ1v) is 6.32. The zero-order valence-electron chi connectivity index (χ0n) is 10.7. The van der Waals surface area contributed by atoms with Crippen molar-refractivity contribution in [3.8, 4) is 0 Å². The first-order valence-electron chi connectivity index (χ1n) is 6.32. The van der Waals surface area contributed by atoms with E-state index in [1.807, 2.05) is 6.07 Å². The highest BCUT2D eigenvalue weighted by Crippen LogP contribution is 2.21. The van der Waals surface area contributed by atoms with E-state index in [4.69, 9.17) is 0 Å². The summed E-state index contributed by atoms with van der Waals surface area (Å²) in [6.45, 7) is 2.06. The molecule has 90 valence electrons. The number of rotatable bonds is 4. The molecule has 0 N–H and O–H groups in total.